The normalized spacial score (nSPS) is 17.5. The topological polar surface area (TPSA) is 66.8 Å². The summed E-state index contributed by atoms with van der Waals surface area (Å²) in [5.74, 6) is -0.908. The average molecular weight is 434 g/mol. The van der Waals surface area contributed by atoms with E-state index >= 15 is 0 Å². The zero-order chi connectivity index (χ0) is 21.5. The van der Waals surface area contributed by atoms with E-state index in [9.17, 15) is 14.0 Å². The van der Waals surface area contributed by atoms with Crippen LogP contribution in [0.4, 0.5) is 10.1 Å². The molecule has 1 aliphatic heterocycles. The van der Waals surface area contributed by atoms with Crippen LogP contribution >= 0.6 is 11.3 Å². The van der Waals surface area contributed by atoms with E-state index in [-0.39, 0.29) is 17.5 Å². The Balaban J connectivity index is 1.56. The largest absolute Gasteiger partial charge is 0.478 e. The molecule has 0 bridgehead atoms. The number of aromatic carboxylic acids is 1. The molecule has 7 heteroatoms. The third-order valence-electron chi connectivity index (χ3n) is 5.37. The van der Waals surface area contributed by atoms with Crippen molar-refractivity contribution in [2.24, 2.45) is 0 Å². The summed E-state index contributed by atoms with van der Waals surface area (Å²) < 4.78 is 20.1. The SMILES string of the molecule is CCCCCC(F)c1ccc(N2C(=O)CCC2COCc2cc(C(=O)O)cs2)cc1. The van der Waals surface area contributed by atoms with Gasteiger partial charge in [0.25, 0.3) is 0 Å². The van der Waals surface area contributed by atoms with E-state index in [1.165, 1.54) is 11.3 Å². The summed E-state index contributed by atoms with van der Waals surface area (Å²) in [5.41, 5.74) is 1.68. The van der Waals surface area contributed by atoms with E-state index in [0.29, 0.717) is 38.0 Å². The van der Waals surface area contributed by atoms with Crippen molar-refractivity contribution >= 4 is 28.9 Å². The molecular weight excluding hydrogens is 405 g/mol. The number of anilines is 1. The van der Waals surface area contributed by atoms with Gasteiger partial charge in [-0.3, -0.25) is 4.79 Å². The van der Waals surface area contributed by atoms with Crippen LogP contribution in [0.3, 0.4) is 0 Å². The van der Waals surface area contributed by atoms with Crippen LogP contribution in [0.5, 0.6) is 0 Å². The summed E-state index contributed by atoms with van der Waals surface area (Å²) in [6, 6.07) is 8.71. The molecular formula is C23H28FNO4S. The van der Waals surface area contributed by atoms with Crippen LogP contribution in [-0.4, -0.2) is 29.6 Å². The lowest BCUT2D eigenvalue weighted by atomic mass is 10.0. The standard InChI is InChI=1S/C23H28FNO4S/c1-2-3-4-5-21(24)16-6-8-18(9-7-16)25-19(10-11-22(25)26)13-29-14-20-12-17(15-30-20)23(27)28/h6-9,12,15,19,21H,2-5,10-11,13-14H2,1H3,(H,27,28). The molecule has 162 valence electrons. The highest BCUT2D eigenvalue weighted by Gasteiger charge is 2.32. The number of carboxylic acids is 1. The van der Waals surface area contributed by atoms with E-state index in [4.69, 9.17) is 9.84 Å². The first-order chi connectivity index (χ1) is 14.5. The van der Waals surface area contributed by atoms with E-state index in [2.05, 4.69) is 6.92 Å². The lowest BCUT2D eigenvalue weighted by Crippen LogP contribution is -2.36. The van der Waals surface area contributed by atoms with Crippen LogP contribution in [0, 0.1) is 0 Å². The van der Waals surface area contributed by atoms with Gasteiger partial charge in [-0.25, -0.2) is 9.18 Å². The molecule has 2 atom stereocenters. The van der Waals surface area contributed by atoms with Gasteiger partial charge < -0.3 is 14.7 Å². The third kappa shape index (κ3) is 5.67. The van der Waals surface area contributed by atoms with Gasteiger partial charge in [-0.1, -0.05) is 38.3 Å². The number of halogens is 1. The molecule has 1 fully saturated rings. The summed E-state index contributed by atoms with van der Waals surface area (Å²) in [6.45, 7) is 2.79. The quantitative estimate of drug-likeness (QED) is 0.458. The lowest BCUT2D eigenvalue weighted by molar-refractivity contribution is -0.117. The molecule has 0 aliphatic carbocycles. The number of rotatable bonds is 11. The molecule has 3 rings (SSSR count). The number of unbranched alkanes of at least 4 members (excludes halogenated alkanes) is 2. The smallest absolute Gasteiger partial charge is 0.336 e. The number of hydrogen-bond donors (Lipinski definition) is 1. The number of thiophene rings is 1. The summed E-state index contributed by atoms with van der Waals surface area (Å²) in [6.07, 6.45) is 3.69. The second-order valence-electron chi connectivity index (χ2n) is 7.63. The van der Waals surface area contributed by atoms with Gasteiger partial charge in [-0.15, -0.1) is 11.3 Å². The van der Waals surface area contributed by atoms with Crippen molar-refractivity contribution in [3.8, 4) is 0 Å². The number of carbonyl (C=O) groups is 2. The minimum absolute atomic E-state index is 0.0420. The predicted molar refractivity (Wildman–Crippen MR) is 116 cm³/mol. The maximum Gasteiger partial charge on any atom is 0.336 e. The Kier molecular flexibility index (Phi) is 7.99. The van der Waals surface area contributed by atoms with Crippen molar-refractivity contribution in [1.29, 1.82) is 0 Å². The molecule has 0 spiro atoms. The second kappa shape index (κ2) is 10.7. The maximum atomic E-state index is 14.4. The molecule has 1 aromatic carbocycles. The van der Waals surface area contributed by atoms with Crippen LogP contribution in [0.15, 0.2) is 35.7 Å². The highest BCUT2D eigenvalue weighted by atomic mass is 32.1. The van der Waals surface area contributed by atoms with E-state index in [1.54, 1.807) is 28.5 Å². The molecule has 2 unspecified atom stereocenters. The highest BCUT2D eigenvalue weighted by Crippen LogP contribution is 2.30. The fourth-order valence-electron chi connectivity index (χ4n) is 3.70. The number of ether oxygens (including phenoxy) is 1. The molecule has 1 saturated heterocycles. The number of amides is 1. The third-order valence-corrected chi connectivity index (χ3v) is 6.28. The maximum absolute atomic E-state index is 14.4. The first-order valence-electron chi connectivity index (χ1n) is 10.4. The van der Waals surface area contributed by atoms with Gasteiger partial charge in [0, 0.05) is 22.4 Å². The first kappa shape index (κ1) is 22.4. The molecule has 1 aromatic heterocycles. The van der Waals surface area contributed by atoms with Gasteiger partial charge in [0.05, 0.1) is 24.8 Å². The van der Waals surface area contributed by atoms with Gasteiger partial charge in [0.15, 0.2) is 0 Å². The van der Waals surface area contributed by atoms with Crippen LogP contribution in [-0.2, 0) is 16.1 Å². The molecule has 1 aliphatic rings. The Morgan fingerprint density at radius 2 is 2.10 bits per heavy atom. The number of nitrogens with zero attached hydrogens (tertiary/aromatic N) is 1. The first-order valence-corrected chi connectivity index (χ1v) is 11.3. The Morgan fingerprint density at radius 3 is 2.77 bits per heavy atom. The fourth-order valence-corrected chi connectivity index (χ4v) is 4.50. The van der Waals surface area contributed by atoms with Crippen molar-refractivity contribution in [2.45, 2.75) is 64.3 Å². The zero-order valence-electron chi connectivity index (χ0n) is 17.2. The molecule has 1 amide bonds. The predicted octanol–water partition coefficient (Wildman–Crippen LogP) is 5.75. The van der Waals surface area contributed by atoms with Crippen LogP contribution < -0.4 is 4.90 Å². The number of alkyl halides is 1. The molecule has 2 heterocycles. The Bertz CT molecular complexity index is 851. The van der Waals surface area contributed by atoms with Gasteiger partial charge in [-0.05, 0) is 36.6 Å². The molecule has 30 heavy (non-hydrogen) atoms. The van der Waals surface area contributed by atoms with Crippen molar-refractivity contribution in [2.75, 3.05) is 11.5 Å². The summed E-state index contributed by atoms with van der Waals surface area (Å²) >= 11 is 1.35. The fraction of sp³-hybridized carbons (Fsp3) is 0.478. The summed E-state index contributed by atoms with van der Waals surface area (Å²) in [5, 5.41) is 10.6. The number of hydrogen-bond acceptors (Lipinski definition) is 4. The van der Waals surface area contributed by atoms with Gasteiger partial charge in [0.2, 0.25) is 5.91 Å². The molecule has 2 aromatic rings. The Morgan fingerprint density at radius 1 is 1.33 bits per heavy atom. The van der Waals surface area contributed by atoms with Gasteiger partial charge >= 0.3 is 5.97 Å². The van der Waals surface area contributed by atoms with E-state index in [0.717, 1.165) is 29.8 Å². The molecule has 0 radical (unpaired) electrons. The molecule has 5 nitrogen and oxygen atoms in total. The Hall–Kier alpha value is -2.25. The van der Waals surface area contributed by atoms with Gasteiger partial charge in [0.1, 0.15) is 6.17 Å². The number of carboxylic acid groups (broad SMARTS) is 1. The number of carbonyl (C=O) groups excluding carboxylic acids is 1. The van der Waals surface area contributed by atoms with E-state index < -0.39 is 12.1 Å². The van der Waals surface area contributed by atoms with E-state index in [1.807, 2.05) is 12.1 Å². The summed E-state index contributed by atoms with van der Waals surface area (Å²) in [4.78, 5) is 26.0. The van der Waals surface area contributed by atoms with Crippen LogP contribution in [0.25, 0.3) is 0 Å². The summed E-state index contributed by atoms with van der Waals surface area (Å²) in [7, 11) is 0. The highest BCUT2D eigenvalue weighted by molar-refractivity contribution is 7.10. The monoisotopic (exact) mass is 433 g/mol. The van der Waals surface area contributed by atoms with Crippen molar-refractivity contribution in [1.82, 2.24) is 0 Å². The Labute approximate surface area is 180 Å². The number of benzene rings is 1. The van der Waals surface area contributed by atoms with Crippen molar-refractivity contribution in [3.05, 3.63) is 51.7 Å². The zero-order valence-corrected chi connectivity index (χ0v) is 18.0. The minimum Gasteiger partial charge on any atom is -0.478 e. The van der Waals surface area contributed by atoms with Crippen LogP contribution in [0.2, 0.25) is 0 Å². The van der Waals surface area contributed by atoms with Crippen LogP contribution in [0.1, 0.15) is 72.4 Å². The second-order valence-corrected chi connectivity index (χ2v) is 8.63. The van der Waals surface area contributed by atoms with Crippen molar-refractivity contribution in [3.63, 3.8) is 0 Å². The molecule has 1 N–H and O–H groups in total. The minimum atomic E-state index is -0.972. The van der Waals surface area contributed by atoms with Gasteiger partial charge in [-0.2, -0.15) is 0 Å². The molecule has 0 saturated carbocycles. The lowest BCUT2D eigenvalue weighted by Gasteiger charge is -2.25. The van der Waals surface area contributed by atoms with Crippen molar-refractivity contribution < 1.29 is 23.8 Å². The average Bonchev–Trinajstić information content (AvgIpc) is 3.35.